The van der Waals surface area contributed by atoms with Gasteiger partial charge in [-0.2, -0.15) is 4.73 Å². The Morgan fingerprint density at radius 2 is 2.12 bits per heavy atom. The zero-order valence-corrected chi connectivity index (χ0v) is 9.25. The molecule has 17 heavy (non-hydrogen) atoms. The molecule has 0 saturated carbocycles. The number of pyridine rings is 2. The lowest BCUT2D eigenvalue weighted by molar-refractivity contribution is -0.607. The Hall–Kier alpha value is -2.43. The average molecular weight is 229 g/mol. The van der Waals surface area contributed by atoms with Gasteiger partial charge in [0.2, 0.25) is 0 Å². The van der Waals surface area contributed by atoms with Gasteiger partial charge in [0.05, 0.1) is 0 Å². The molecule has 0 atom stereocenters. The van der Waals surface area contributed by atoms with Crippen molar-refractivity contribution in [2.75, 3.05) is 5.32 Å². The van der Waals surface area contributed by atoms with Crippen LogP contribution in [0.4, 0.5) is 5.82 Å². The van der Waals surface area contributed by atoms with E-state index in [2.05, 4.69) is 10.3 Å². The molecule has 86 valence electrons. The normalized spacial score (nSPS) is 9.94. The van der Waals surface area contributed by atoms with Crippen molar-refractivity contribution in [3.05, 3.63) is 59.2 Å². The molecular weight excluding hydrogens is 218 g/mol. The number of nitrogens with one attached hydrogen (secondary N) is 1. The van der Waals surface area contributed by atoms with E-state index in [9.17, 15) is 10.0 Å². The lowest BCUT2D eigenvalue weighted by atomic mass is 10.3. The Balaban J connectivity index is 2.20. The van der Waals surface area contributed by atoms with E-state index in [0.29, 0.717) is 10.5 Å². The minimum absolute atomic E-state index is 0.0378. The highest BCUT2D eigenvalue weighted by atomic mass is 16.5. The van der Waals surface area contributed by atoms with Crippen molar-refractivity contribution in [2.24, 2.45) is 0 Å². The van der Waals surface area contributed by atoms with E-state index in [4.69, 9.17) is 0 Å². The highest BCUT2D eigenvalue weighted by molar-refractivity contribution is 6.01. The zero-order valence-electron chi connectivity index (χ0n) is 9.25. The summed E-state index contributed by atoms with van der Waals surface area (Å²) >= 11 is 0. The van der Waals surface area contributed by atoms with Crippen LogP contribution in [0.15, 0.2) is 42.6 Å². The maximum atomic E-state index is 11.8. The van der Waals surface area contributed by atoms with Crippen LogP contribution < -0.4 is 10.0 Å². The number of amides is 1. The molecule has 5 heteroatoms. The second-order valence-electron chi connectivity index (χ2n) is 3.53. The quantitative estimate of drug-likeness (QED) is 0.623. The van der Waals surface area contributed by atoms with Crippen LogP contribution in [0.5, 0.6) is 0 Å². The SMILES string of the molecule is Cc1cccc(NC(=O)c2cccc[n+]2[O-])n1. The van der Waals surface area contributed by atoms with Gasteiger partial charge in [-0.3, -0.25) is 4.79 Å². The molecule has 2 aromatic rings. The maximum absolute atomic E-state index is 11.8. The Morgan fingerprint density at radius 1 is 1.29 bits per heavy atom. The van der Waals surface area contributed by atoms with Crippen LogP contribution >= 0.6 is 0 Å². The summed E-state index contributed by atoms with van der Waals surface area (Å²) in [5.74, 6) is -0.0439. The van der Waals surface area contributed by atoms with Crippen LogP contribution in [-0.2, 0) is 0 Å². The Bertz CT molecular complexity index is 555. The fourth-order valence-electron chi connectivity index (χ4n) is 1.40. The van der Waals surface area contributed by atoms with E-state index in [0.717, 1.165) is 5.69 Å². The van der Waals surface area contributed by atoms with Gasteiger partial charge in [-0.25, -0.2) is 4.98 Å². The molecule has 0 aromatic carbocycles. The van der Waals surface area contributed by atoms with E-state index >= 15 is 0 Å². The number of hydrogen-bond acceptors (Lipinski definition) is 3. The third-order valence-corrected chi connectivity index (χ3v) is 2.19. The first-order chi connectivity index (χ1) is 8.16. The van der Waals surface area contributed by atoms with Crippen molar-refractivity contribution < 1.29 is 9.52 Å². The second-order valence-corrected chi connectivity index (χ2v) is 3.53. The standard InChI is InChI=1S/C12H11N3O2/c1-9-5-4-7-11(13-9)14-12(16)10-6-2-3-8-15(10)17/h2-8H,1H3,(H,13,14,16). The number of carbonyl (C=O) groups excluding carboxylic acids is 1. The van der Waals surface area contributed by atoms with Crippen molar-refractivity contribution in [3.63, 3.8) is 0 Å². The molecule has 0 radical (unpaired) electrons. The molecule has 0 aliphatic carbocycles. The molecule has 0 saturated heterocycles. The first kappa shape index (κ1) is 11.1. The third-order valence-electron chi connectivity index (χ3n) is 2.19. The summed E-state index contributed by atoms with van der Waals surface area (Å²) in [4.78, 5) is 15.9. The summed E-state index contributed by atoms with van der Waals surface area (Å²) in [6.45, 7) is 1.83. The van der Waals surface area contributed by atoms with Crippen LogP contribution in [0, 0.1) is 12.1 Å². The molecule has 2 heterocycles. The zero-order chi connectivity index (χ0) is 12.3. The molecule has 0 aliphatic heterocycles. The van der Waals surface area contributed by atoms with E-state index in [1.54, 1.807) is 24.3 Å². The van der Waals surface area contributed by atoms with Gasteiger partial charge >= 0.3 is 5.91 Å². The topological polar surface area (TPSA) is 68.9 Å². The maximum Gasteiger partial charge on any atom is 0.322 e. The van der Waals surface area contributed by atoms with E-state index in [-0.39, 0.29) is 5.69 Å². The van der Waals surface area contributed by atoms with Crippen molar-refractivity contribution >= 4 is 11.7 Å². The summed E-state index contributed by atoms with van der Waals surface area (Å²) in [7, 11) is 0. The summed E-state index contributed by atoms with van der Waals surface area (Å²) in [6.07, 6.45) is 1.28. The summed E-state index contributed by atoms with van der Waals surface area (Å²) in [6, 6.07) is 9.93. The van der Waals surface area contributed by atoms with Crippen LogP contribution in [0.25, 0.3) is 0 Å². The monoisotopic (exact) mass is 229 g/mol. The number of aromatic nitrogens is 2. The molecule has 1 N–H and O–H groups in total. The van der Waals surface area contributed by atoms with E-state index in [1.807, 2.05) is 13.0 Å². The highest BCUT2D eigenvalue weighted by Crippen LogP contribution is 2.05. The molecule has 2 rings (SSSR count). The molecule has 0 spiro atoms. The molecule has 0 unspecified atom stereocenters. The summed E-state index contributed by atoms with van der Waals surface area (Å²) < 4.78 is 0.519. The predicted octanol–water partition coefficient (Wildman–Crippen LogP) is 1.28. The average Bonchev–Trinajstić information content (AvgIpc) is 2.29. The Labute approximate surface area is 98.3 Å². The molecule has 0 bridgehead atoms. The Kier molecular flexibility index (Phi) is 3.00. The predicted molar refractivity (Wildman–Crippen MR) is 62.3 cm³/mol. The number of aryl methyl sites for hydroxylation is 1. The number of nitrogens with zero attached hydrogens (tertiary/aromatic N) is 2. The van der Waals surface area contributed by atoms with E-state index < -0.39 is 5.91 Å². The van der Waals surface area contributed by atoms with Gasteiger partial charge in [-0.15, -0.1) is 0 Å². The Morgan fingerprint density at radius 3 is 2.82 bits per heavy atom. The van der Waals surface area contributed by atoms with Crippen LogP contribution in [0.3, 0.4) is 0 Å². The fraction of sp³-hybridized carbons (Fsp3) is 0.0833. The van der Waals surface area contributed by atoms with Gasteiger partial charge < -0.3 is 10.5 Å². The molecule has 0 aliphatic rings. The van der Waals surface area contributed by atoms with Gasteiger partial charge in [0.1, 0.15) is 5.82 Å². The fourth-order valence-corrected chi connectivity index (χ4v) is 1.40. The van der Waals surface area contributed by atoms with Crippen molar-refractivity contribution in [1.82, 2.24) is 4.98 Å². The molecule has 5 nitrogen and oxygen atoms in total. The lowest BCUT2D eigenvalue weighted by Crippen LogP contribution is -2.36. The van der Waals surface area contributed by atoms with Crippen molar-refractivity contribution in [3.8, 4) is 0 Å². The van der Waals surface area contributed by atoms with Crippen LogP contribution in [0.2, 0.25) is 0 Å². The molecule has 1 amide bonds. The van der Waals surface area contributed by atoms with Gasteiger partial charge in [0.25, 0.3) is 5.69 Å². The third kappa shape index (κ3) is 2.57. The van der Waals surface area contributed by atoms with Crippen LogP contribution in [0.1, 0.15) is 16.2 Å². The first-order valence-corrected chi connectivity index (χ1v) is 5.10. The van der Waals surface area contributed by atoms with Crippen LogP contribution in [-0.4, -0.2) is 10.9 Å². The molecular formula is C12H11N3O2. The lowest BCUT2D eigenvalue weighted by Gasteiger charge is -2.05. The van der Waals surface area contributed by atoms with Crippen molar-refractivity contribution in [2.45, 2.75) is 6.92 Å². The summed E-state index contributed by atoms with van der Waals surface area (Å²) in [5.41, 5.74) is 0.835. The number of rotatable bonds is 2. The van der Waals surface area contributed by atoms with Gasteiger partial charge in [0, 0.05) is 17.8 Å². The number of carbonyl (C=O) groups is 1. The van der Waals surface area contributed by atoms with Crippen molar-refractivity contribution in [1.29, 1.82) is 0 Å². The number of hydrogen-bond donors (Lipinski definition) is 1. The van der Waals surface area contributed by atoms with E-state index in [1.165, 1.54) is 12.3 Å². The number of anilines is 1. The molecule has 2 aromatic heterocycles. The minimum atomic E-state index is -0.473. The summed E-state index contributed by atoms with van der Waals surface area (Å²) in [5, 5.41) is 13.9. The first-order valence-electron chi connectivity index (χ1n) is 5.10. The highest BCUT2D eigenvalue weighted by Gasteiger charge is 2.15. The smallest absolute Gasteiger partial charge is 0.322 e. The van der Waals surface area contributed by atoms with Gasteiger partial charge in [-0.05, 0) is 25.1 Å². The van der Waals surface area contributed by atoms with Gasteiger partial charge in [-0.1, -0.05) is 6.07 Å². The second kappa shape index (κ2) is 4.61. The largest absolute Gasteiger partial charge is 0.618 e. The molecule has 0 fully saturated rings. The van der Waals surface area contributed by atoms with Gasteiger partial charge in [0.15, 0.2) is 6.20 Å². The minimum Gasteiger partial charge on any atom is -0.618 e.